The molecular formula is C25H30N4. The van der Waals surface area contributed by atoms with Gasteiger partial charge < -0.3 is 10.3 Å². The number of imidazole rings is 1. The van der Waals surface area contributed by atoms with Crippen LogP contribution < -0.4 is 5.32 Å². The number of para-hydroxylation sites is 2. The predicted octanol–water partition coefficient (Wildman–Crippen LogP) is 4.84. The Morgan fingerprint density at radius 2 is 1.97 bits per heavy atom. The summed E-state index contributed by atoms with van der Waals surface area (Å²) in [6.07, 6.45) is 7.22. The predicted molar refractivity (Wildman–Crippen MR) is 120 cm³/mol. The van der Waals surface area contributed by atoms with Gasteiger partial charge in [0, 0.05) is 18.3 Å². The molecule has 0 spiro atoms. The van der Waals surface area contributed by atoms with Gasteiger partial charge in [-0.1, -0.05) is 30.8 Å². The third kappa shape index (κ3) is 3.69. The first-order valence-electron chi connectivity index (χ1n) is 10.9. The maximum Gasteiger partial charge on any atom is 0.124 e. The Morgan fingerprint density at radius 3 is 2.83 bits per heavy atom. The highest BCUT2D eigenvalue weighted by atomic mass is 15.2. The molecule has 4 nitrogen and oxygen atoms in total. The van der Waals surface area contributed by atoms with Crippen molar-refractivity contribution >= 4 is 16.7 Å². The van der Waals surface area contributed by atoms with E-state index in [4.69, 9.17) is 4.98 Å². The maximum absolute atomic E-state index is 4.86. The van der Waals surface area contributed by atoms with Crippen LogP contribution in [0.25, 0.3) is 16.7 Å². The van der Waals surface area contributed by atoms with Gasteiger partial charge in [-0.15, -0.1) is 0 Å². The molecule has 1 aliphatic heterocycles. The van der Waals surface area contributed by atoms with Gasteiger partial charge >= 0.3 is 0 Å². The molecule has 1 unspecified atom stereocenters. The molecule has 4 heteroatoms. The summed E-state index contributed by atoms with van der Waals surface area (Å²) in [4.78, 5) is 10.8. The highest BCUT2D eigenvalue weighted by molar-refractivity contribution is 5.74. The molecule has 5 rings (SSSR count). The standard InChI is InChI=1S/C25H30N4/c1-17(19-12-11-18-7-3-4-8-20(18)15-19)26-21-13-14-29(2)24(16-21)25-27-22-9-5-6-10-23(22)28-25/h5-6,9-12,15,21,24,26H,1,3-4,7-8,13-14,16H2,2H3,(H,27,28)/t21?,24-/m1/s1. The summed E-state index contributed by atoms with van der Waals surface area (Å²) in [6.45, 7) is 5.42. The van der Waals surface area contributed by atoms with Crippen molar-refractivity contribution in [3.8, 4) is 0 Å². The molecular weight excluding hydrogens is 356 g/mol. The summed E-state index contributed by atoms with van der Waals surface area (Å²) in [5.74, 6) is 1.07. The van der Waals surface area contributed by atoms with Gasteiger partial charge in [0.25, 0.3) is 0 Å². The largest absolute Gasteiger partial charge is 0.382 e. The van der Waals surface area contributed by atoms with Crippen molar-refractivity contribution in [2.75, 3.05) is 13.6 Å². The minimum atomic E-state index is 0.296. The van der Waals surface area contributed by atoms with Gasteiger partial charge in [-0.3, -0.25) is 4.90 Å². The topological polar surface area (TPSA) is 44.0 Å². The summed E-state index contributed by atoms with van der Waals surface area (Å²) in [7, 11) is 2.20. The number of aromatic amines is 1. The van der Waals surface area contributed by atoms with E-state index in [1.165, 1.54) is 42.4 Å². The number of benzene rings is 2. The molecule has 1 aliphatic carbocycles. The number of rotatable bonds is 4. The van der Waals surface area contributed by atoms with Crippen LogP contribution >= 0.6 is 0 Å². The summed E-state index contributed by atoms with van der Waals surface area (Å²) in [6, 6.07) is 15.9. The molecule has 2 aliphatic rings. The Morgan fingerprint density at radius 1 is 1.14 bits per heavy atom. The van der Waals surface area contributed by atoms with Crippen molar-refractivity contribution < 1.29 is 0 Å². The SMILES string of the molecule is C=C(NC1CCN(C)[C@@H](c2nc3ccccc3[nH]2)C1)c1ccc2c(c1)CCCC2. The Bertz CT molecular complexity index is 1000. The second kappa shape index (κ2) is 7.68. The average Bonchev–Trinajstić information content (AvgIpc) is 3.18. The fraction of sp³-hybridized carbons (Fsp3) is 0.400. The number of likely N-dealkylation sites (tertiary alicyclic amines) is 1. The van der Waals surface area contributed by atoms with E-state index in [1.807, 2.05) is 6.07 Å². The maximum atomic E-state index is 4.86. The first-order chi connectivity index (χ1) is 14.2. The van der Waals surface area contributed by atoms with Crippen molar-refractivity contribution in [3.63, 3.8) is 0 Å². The molecule has 1 saturated heterocycles. The van der Waals surface area contributed by atoms with Crippen LogP contribution in [0.15, 0.2) is 49.0 Å². The van der Waals surface area contributed by atoms with E-state index in [0.29, 0.717) is 12.1 Å². The minimum Gasteiger partial charge on any atom is -0.382 e. The molecule has 0 saturated carbocycles. The van der Waals surface area contributed by atoms with Gasteiger partial charge in [0.1, 0.15) is 5.82 Å². The zero-order chi connectivity index (χ0) is 19.8. The number of aromatic nitrogens is 2. The second-order valence-electron chi connectivity index (χ2n) is 8.67. The van der Waals surface area contributed by atoms with Gasteiger partial charge in [-0.25, -0.2) is 4.98 Å². The van der Waals surface area contributed by atoms with E-state index in [2.05, 4.69) is 65.2 Å². The van der Waals surface area contributed by atoms with E-state index >= 15 is 0 Å². The van der Waals surface area contributed by atoms with E-state index in [9.17, 15) is 0 Å². The number of H-pyrrole nitrogens is 1. The monoisotopic (exact) mass is 386 g/mol. The third-order valence-corrected chi connectivity index (χ3v) is 6.67. The number of hydrogen-bond donors (Lipinski definition) is 2. The van der Waals surface area contributed by atoms with E-state index < -0.39 is 0 Å². The summed E-state index contributed by atoms with van der Waals surface area (Å²) in [5.41, 5.74) is 7.49. The van der Waals surface area contributed by atoms with Crippen molar-refractivity contribution in [2.45, 2.75) is 50.6 Å². The molecule has 2 heterocycles. The van der Waals surface area contributed by atoms with Crippen LogP contribution in [-0.2, 0) is 12.8 Å². The van der Waals surface area contributed by atoms with Crippen LogP contribution in [0, 0.1) is 0 Å². The van der Waals surface area contributed by atoms with Crippen molar-refractivity contribution in [1.29, 1.82) is 0 Å². The van der Waals surface area contributed by atoms with Gasteiger partial charge in [0.2, 0.25) is 0 Å². The van der Waals surface area contributed by atoms with Crippen molar-refractivity contribution in [3.05, 3.63) is 71.6 Å². The number of fused-ring (bicyclic) bond motifs is 2. The van der Waals surface area contributed by atoms with Crippen molar-refractivity contribution in [1.82, 2.24) is 20.2 Å². The van der Waals surface area contributed by atoms with E-state index in [-0.39, 0.29) is 0 Å². The molecule has 1 aromatic heterocycles. The Balaban J connectivity index is 1.30. The smallest absolute Gasteiger partial charge is 0.124 e. The lowest BCUT2D eigenvalue weighted by Crippen LogP contribution is -2.42. The minimum absolute atomic E-state index is 0.296. The molecule has 3 aromatic rings. The van der Waals surface area contributed by atoms with Crippen LogP contribution in [0.5, 0.6) is 0 Å². The van der Waals surface area contributed by atoms with E-state index in [1.54, 1.807) is 0 Å². The van der Waals surface area contributed by atoms with Crippen molar-refractivity contribution in [2.24, 2.45) is 0 Å². The second-order valence-corrected chi connectivity index (χ2v) is 8.67. The van der Waals surface area contributed by atoms with Gasteiger partial charge in [0.15, 0.2) is 0 Å². The third-order valence-electron chi connectivity index (χ3n) is 6.67. The first kappa shape index (κ1) is 18.4. The Hall–Kier alpha value is -2.59. The summed E-state index contributed by atoms with van der Waals surface area (Å²) in [5, 5.41) is 3.73. The van der Waals surface area contributed by atoms with E-state index in [0.717, 1.165) is 41.9 Å². The number of hydrogen-bond acceptors (Lipinski definition) is 3. The molecule has 29 heavy (non-hydrogen) atoms. The Kier molecular flexibility index (Phi) is 4.88. The fourth-order valence-electron chi connectivity index (χ4n) is 4.92. The van der Waals surface area contributed by atoms with Crippen LogP contribution in [-0.4, -0.2) is 34.5 Å². The highest BCUT2D eigenvalue weighted by Gasteiger charge is 2.29. The molecule has 2 aromatic carbocycles. The van der Waals surface area contributed by atoms with Crippen LogP contribution in [0.1, 0.15) is 54.2 Å². The number of aryl methyl sites for hydroxylation is 2. The molecule has 0 bridgehead atoms. The molecule has 150 valence electrons. The summed E-state index contributed by atoms with van der Waals surface area (Å²) >= 11 is 0. The molecule has 0 radical (unpaired) electrons. The number of piperidine rings is 1. The molecule has 2 N–H and O–H groups in total. The molecule has 1 fully saturated rings. The quantitative estimate of drug-likeness (QED) is 0.674. The summed E-state index contributed by atoms with van der Waals surface area (Å²) < 4.78 is 0. The Labute approximate surface area is 173 Å². The van der Waals surface area contributed by atoms with Crippen LogP contribution in [0.3, 0.4) is 0 Å². The highest BCUT2D eigenvalue weighted by Crippen LogP contribution is 2.31. The van der Waals surface area contributed by atoms with Gasteiger partial charge in [0.05, 0.1) is 17.1 Å². The number of nitrogens with one attached hydrogen (secondary N) is 2. The van der Waals surface area contributed by atoms with Gasteiger partial charge in [-0.2, -0.15) is 0 Å². The fourth-order valence-corrected chi connectivity index (χ4v) is 4.92. The van der Waals surface area contributed by atoms with Crippen LogP contribution in [0.2, 0.25) is 0 Å². The first-order valence-corrected chi connectivity index (χ1v) is 10.9. The zero-order valence-electron chi connectivity index (χ0n) is 17.2. The normalized spacial score (nSPS) is 22.4. The van der Waals surface area contributed by atoms with Gasteiger partial charge in [-0.05, 0) is 80.5 Å². The lowest BCUT2D eigenvalue weighted by Gasteiger charge is -2.37. The molecule has 0 amide bonds. The number of nitrogens with zero attached hydrogens (tertiary/aromatic N) is 2. The molecule has 2 atom stereocenters. The lowest BCUT2D eigenvalue weighted by molar-refractivity contribution is 0.157. The average molecular weight is 387 g/mol. The van der Waals surface area contributed by atoms with Crippen LogP contribution in [0.4, 0.5) is 0 Å². The lowest BCUT2D eigenvalue weighted by atomic mass is 9.90. The zero-order valence-corrected chi connectivity index (χ0v) is 17.2.